The molecule has 74 valence electrons. The Bertz CT molecular complexity index is 321. The Hall–Kier alpha value is -1.65. The van der Waals surface area contributed by atoms with Crippen molar-refractivity contribution in [2.24, 2.45) is 0 Å². The number of hydrogen-bond acceptors (Lipinski definition) is 4. The van der Waals surface area contributed by atoms with Crippen molar-refractivity contribution in [3.8, 4) is 0 Å². The van der Waals surface area contributed by atoms with E-state index < -0.39 is 5.97 Å². The Kier molecular flexibility index (Phi) is 3.84. The van der Waals surface area contributed by atoms with E-state index in [2.05, 4.69) is 11.3 Å². The van der Waals surface area contributed by atoms with Gasteiger partial charge in [-0.05, 0) is 5.56 Å². The molecule has 0 aliphatic heterocycles. The predicted molar refractivity (Wildman–Crippen MR) is 51.4 cm³/mol. The highest BCUT2D eigenvalue weighted by molar-refractivity contribution is 6.15. The molecule has 0 bridgehead atoms. The summed E-state index contributed by atoms with van der Waals surface area (Å²) >= 11 is 0. The second-order valence-corrected chi connectivity index (χ2v) is 2.58. The van der Waals surface area contributed by atoms with Crippen LogP contribution in [0, 0.1) is 0 Å². The number of carbonyl (C=O) groups excluding carboxylic acids is 1. The molecule has 2 N–H and O–H groups in total. The number of hydroxylamine groups is 1. The van der Waals surface area contributed by atoms with Crippen LogP contribution in [0.3, 0.4) is 0 Å². The third-order valence-electron chi connectivity index (χ3n) is 1.64. The van der Waals surface area contributed by atoms with Gasteiger partial charge in [0.25, 0.3) is 0 Å². The van der Waals surface area contributed by atoms with Crippen LogP contribution in [0.15, 0.2) is 36.9 Å². The molecule has 1 rings (SSSR count). The van der Waals surface area contributed by atoms with E-state index in [9.17, 15) is 4.79 Å². The lowest BCUT2D eigenvalue weighted by Crippen LogP contribution is -2.17. The third-order valence-corrected chi connectivity index (χ3v) is 1.64. The van der Waals surface area contributed by atoms with Crippen molar-refractivity contribution >= 4 is 11.5 Å². The maximum atomic E-state index is 11.2. The van der Waals surface area contributed by atoms with Crippen molar-refractivity contribution in [2.45, 2.75) is 0 Å². The van der Waals surface area contributed by atoms with Crippen LogP contribution in [0.2, 0.25) is 0 Å². The lowest BCUT2D eigenvalue weighted by atomic mass is 10.1. The van der Waals surface area contributed by atoms with Crippen LogP contribution >= 0.6 is 0 Å². The normalized spacial score (nSPS) is 9.50. The molecule has 0 aliphatic rings. The van der Waals surface area contributed by atoms with Crippen molar-refractivity contribution in [1.29, 1.82) is 0 Å². The average Bonchev–Trinajstić information content (AvgIpc) is 2.26. The Labute approximate surface area is 81.8 Å². The smallest absolute Gasteiger partial charge is 0.339 e. The summed E-state index contributed by atoms with van der Waals surface area (Å²) in [7, 11) is 0. The second kappa shape index (κ2) is 5.16. The van der Waals surface area contributed by atoms with Crippen LogP contribution in [0.1, 0.15) is 5.56 Å². The summed E-state index contributed by atoms with van der Waals surface area (Å²) < 4.78 is 4.61. The fourth-order valence-corrected chi connectivity index (χ4v) is 0.942. The highest BCUT2D eigenvalue weighted by Gasteiger charge is 2.09. The molecule has 0 saturated heterocycles. The van der Waals surface area contributed by atoms with Crippen LogP contribution in [0.4, 0.5) is 0 Å². The molecule has 4 nitrogen and oxygen atoms in total. The maximum Gasteiger partial charge on any atom is 0.339 e. The first kappa shape index (κ1) is 10.4. The van der Waals surface area contributed by atoms with E-state index in [-0.39, 0.29) is 12.3 Å². The minimum atomic E-state index is -0.558. The minimum Gasteiger partial charge on any atom is -0.444 e. The molecule has 0 atom stereocenters. The molecule has 0 aromatic heterocycles. The van der Waals surface area contributed by atoms with Gasteiger partial charge in [-0.25, -0.2) is 4.79 Å². The first-order valence-electron chi connectivity index (χ1n) is 4.04. The number of nitrogens with one attached hydrogen (secondary N) is 1. The fourth-order valence-electron chi connectivity index (χ4n) is 0.942. The monoisotopic (exact) mass is 193 g/mol. The summed E-state index contributed by atoms with van der Waals surface area (Å²) in [6.45, 7) is 3.35. The van der Waals surface area contributed by atoms with E-state index in [4.69, 9.17) is 5.21 Å². The largest absolute Gasteiger partial charge is 0.444 e. The van der Waals surface area contributed by atoms with Gasteiger partial charge in [-0.1, -0.05) is 36.9 Å². The summed E-state index contributed by atoms with van der Waals surface area (Å²) in [5.74, 6) is -0.558. The zero-order chi connectivity index (χ0) is 10.4. The van der Waals surface area contributed by atoms with Crippen molar-refractivity contribution in [2.75, 3.05) is 6.73 Å². The first-order chi connectivity index (χ1) is 6.75. The molecule has 0 spiro atoms. The lowest BCUT2D eigenvalue weighted by molar-refractivity contribution is -0.140. The topological polar surface area (TPSA) is 58.6 Å². The lowest BCUT2D eigenvalue weighted by Gasteiger charge is -2.05. The molecule has 0 unspecified atom stereocenters. The number of ether oxygens (including phenoxy) is 1. The van der Waals surface area contributed by atoms with Gasteiger partial charge in [0.1, 0.15) is 0 Å². The fraction of sp³-hybridized carbons (Fsp3) is 0.100. The summed E-state index contributed by atoms with van der Waals surface area (Å²) in [5.41, 5.74) is 2.69. The van der Waals surface area contributed by atoms with Crippen LogP contribution in [0.5, 0.6) is 0 Å². The van der Waals surface area contributed by atoms with Gasteiger partial charge in [0.05, 0.1) is 5.57 Å². The summed E-state index contributed by atoms with van der Waals surface area (Å²) in [6, 6.07) is 8.97. The van der Waals surface area contributed by atoms with E-state index in [1.54, 1.807) is 29.7 Å². The van der Waals surface area contributed by atoms with E-state index >= 15 is 0 Å². The predicted octanol–water partition coefficient (Wildman–Crippen LogP) is 1.18. The minimum absolute atomic E-state index is 0.245. The highest BCUT2D eigenvalue weighted by Crippen LogP contribution is 2.12. The van der Waals surface area contributed by atoms with E-state index in [1.165, 1.54) is 0 Å². The summed E-state index contributed by atoms with van der Waals surface area (Å²) in [4.78, 5) is 11.2. The summed E-state index contributed by atoms with van der Waals surface area (Å²) in [6.07, 6.45) is 0. The van der Waals surface area contributed by atoms with Gasteiger partial charge < -0.3 is 9.94 Å². The van der Waals surface area contributed by atoms with E-state index in [0.717, 1.165) is 0 Å². The number of benzene rings is 1. The number of carbonyl (C=O) groups is 1. The standard InChI is InChI=1S/C10H11NO3/c1-8(10(12)14-7-11-13)9-5-3-2-4-6-9/h2-6,11,13H,1,7H2. The van der Waals surface area contributed by atoms with Crippen molar-refractivity contribution in [1.82, 2.24) is 5.48 Å². The molecule has 4 heteroatoms. The van der Waals surface area contributed by atoms with Gasteiger partial charge >= 0.3 is 5.97 Å². The number of rotatable bonds is 4. The Morgan fingerprint density at radius 2 is 2.07 bits per heavy atom. The van der Waals surface area contributed by atoms with E-state index in [1.807, 2.05) is 6.07 Å². The van der Waals surface area contributed by atoms with Crippen LogP contribution in [0.25, 0.3) is 5.57 Å². The average molecular weight is 193 g/mol. The Morgan fingerprint density at radius 1 is 1.43 bits per heavy atom. The van der Waals surface area contributed by atoms with Crippen LogP contribution < -0.4 is 5.48 Å². The first-order valence-corrected chi connectivity index (χ1v) is 4.04. The molecule has 0 amide bonds. The molecule has 0 aliphatic carbocycles. The van der Waals surface area contributed by atoms with Crippen LogP contribution in [-0.2, 0) is 9.53 Å². The van der Waals surface area contributed by atoms with Crippen molar-refractivity contribution in [3.05, 3.63) is 42.5 Å². The van der Waals surface area contributed by atoms with Crippen LogP contribution in [-0.4, -0.2) is 17.9 Å². The zero-order valence-electron chi connectivity index (χ0n) is 7.56. The molecule has 0 heterocycles. The third kappa shape index (κ3) is 2.69. The molecule has 0 radical (unpaired) electrons. The molecular weight excluding hydrogens is 182 g/mol. The molecular formula is C10H11NO3. The van der Waals surface area contributed by atoms with Crippen molar-refractivity contribution in [3.63, 3.8) is 0 Å². The molecule has 1 aromatic carbocycles. The van der Waals surface area contributed by atoms with Crippen molar-refractivity contribution < 1.29 is 14.7 Å². The highest BCUT2D eigenvalue weighted by atomic mass is 16.6. The second-order valence-electron chi connectivity index (χ2n) is 2.58. The molecule has 1 aromatic rings. The number of hydrogen-bond donors (Lipinski definition) is 2. The maximum absolute atomic E-state index is 11.2. The SMILES string of the molecule is C=C(C(=O)OCNO)c1ccccc1. The summed E-state index contributed by atoms with van der Waals surface area (Å²) in [5, 5.41) is 8.21. The quantitative estimate of drug-likeness (QED) is 0.326. The molecule has 14 heavy (non-hydrogen) atoms. The zero-order valence-corrected chi connectivity index (χ0v) is 7.56. The molecule has 0 saturated carbocycles. The van der Waals surface area contributed by atoms with Gasteiger partial charge in [-0.2, -0.15) is 5.48 Å². The number of esters is 1. The Balaban J connectivity index is 2.62. The van der Waals surface area contributed by atoms with Gasteiger partial charge in [-0.3, -0.25) is 0 Å². The van der Waals surface area contributed by atoms with E-state index in [0.29, 0.717) is 5.56 Å². The van der Waals surface area contributed by atoms with Gasteiger partial charge in [-0.15, -0.1) is 0 Å². The van der Waals surface area contributed by atoms with Gasteiger partial charge in [0, 0.05) is 0 Å². The Morgan fingerprint density at radius 3 is 2.64 bits per heavy atom. The van der Waals surface area contributed by atoms with Gasteiger partial charge in [0.2, 0.25) is 0 Å². The van der Waals surface area contributed by atoms with Gasteiger partial charge in [0.15, 0.2) is 6.73 Å². The molecule has 0 fully saturated rings.